The van der Waals surface area contributed by atoms with Gasteiger partial charge in [-0.3, -0.25) is 18.6 Å². The second kappa shape index (κ2) is 39.2. The topological polar surface area (TPSA) is 134 Å². The van der Waals surface area contributed by atoms with Gasteiger partial charge in [-0.25, -0.2) is 4.57 Å². The van der Waals surface area contributed by atoms with Gasteiger partial charge in [0.25, 0.3) is 0 Å². The third-order valence-corrected chi connectivity index (χ3v) is 10.1. The lowest BCUT2D eigenvalue weighted by Crippen LogP contribution is -2.29. The van der Waals surface area contributed by atoms with Crippen LogP contribution in [0.3, 0.4) is 0 Å². The number of nitrogens with two attached hydrogens (primary N) is 1. The average molecular weight is 758 g/mol. The Morgan fingerprint density at radius 1 is 0.577 bits per heavy atom. The van der Waals surface area contributed by atoms with E-state index in [1.807, 2.05) is 0 Å². The molecule has 2 atom stereocenters. The van der Waals surface area contributed by atoms with Crippen LogP contribution in [-0.2, 0) is 32.7 Å². The van der Waals surface area contributed by atoms with E-state index in [1.165, 1.54) is 128 Å². The molecular formula is C42H80NO8P. The molecule has 0 bridgehead atoms. The lowest BCUT2D eigenvalue weighted by atomic mass is 10.0. The third-order valence-electron chi connectivity index (χ3n) is 9.09. The highest BCUT2D eigenvalue weighted by Crippen LogP contribution is 2.43. The van der Waals surface area contributed by atoms with Crippen LogP contribution >= 0.6 is 7.82 Å². The van der Waals surface area contributed by atoms with Crippen molar-refractivity contribution in [2.24, 2.45) is 5.73 Å². The van der Waals surface area contributed by atoms with Crippen LogP contribution in [0.5, 0.6) is 0 Å². The molecule has 0 aliphatic rings. The van der Waals surface area contributed by atoms with E-state index in [9.17, 15) is 19.0 Å². The summed E-state index contributed by atoms with van der Waals surface area (Å²) in [6, 6.07) is 0. The standard InChI is InChI=1S/C42H80NO8P/c1-3-5-7-9-11-13-15-17-18-19-20-21-22-23-25-26-28-30-32-34-41(44)48-38-40(39-50-52(46,47)49-37-36-43)51-42(45)35-33-31-29-27-24-16-14-12-10-8-6-4-2/h11,13,17-18,40H,3-10,12,14-16,19-39,43H2,1-2H3,(H,46,47)/b13-11+,18-17+/t40-/m0/s1. The molecule has 0 fully saturated rings. The van der Waals surface area contributed by atoms with Gasteiger partial charge in [-0.05, 0) is 44.9 Å². The molecule has 3 N–H and O–H groups in total. The van der Waals surface area contributed by atoms with Crippen molar-refractivity contribution >= 4 is 19.8 Å². The molecule has 10 heteroatoms. The molecule has 0 amide bonds. The minimum Gasteiger partial charge on any atom is -0.462 e. The van der Waals surface area contributed by atoms with E-state index >= 15 is 0 Å². The van der Waals surface area contributed by atoms with Crippen LogP contribution in [0.15, 0.2) is 24.3 Å². The molecule has 0 aliphatic carbocycles. The highest BCUT2D eigenvalue weighted by Gasteiger charge is 2.26. The van der Waals surface area contributed by atoms with Crippen LogP contribution in [0.1, 0.15) is 200 Å². The maximum Gasteiger partial charge on any atom is 0.472 e. The van der Waals surface area contributed by atoms with Crippen molar-refractivity contribution < 1.29 is 37.6 Å². The molecule has 0 rings (SSSR count). The summed E-state index contributed by atoms with van der Waals surface area (Å²) in [6.07, 6.45) is 40.6. The van der Waals surface area contributed by atoms with Gasteiger partial charge in [0, 0.05) is 19.4 Å². The van der Waals surface area contributed by atoms with Gasteiger partial charge in [0.2, 0.25) is 0 Å². The lowest BCUT2D eigenvalue weighted by Gasteiger charge is -2.19. The van der Waals surface area contributed by atoms with E-state index in [1.54, 1.807) is 0 Å². The van der Waals surface area contributed by atoms with Crippen molar-refractivity contribution in [3.63, 3.8) is 0 Å². The first-order chi connectivity index (χ1) is 25.3. The number of esters is 2. The Bertz CT molecular complexity index is 912. The highest BCUT2D eigenvalue weighted by molar-refractivity contribution is 7.47. The largest absolute Gasteiger partial charge is 0.472 e. The van der Waals surface area contributed by atoms with Crippen LogP contribution < -0.4 is 5.73 Å². The van der Waals surface area contributed by atoms with Crippen molar-refractivity contribution in [1.82, 2.24) is 0 Å². The van der Waals surface area contributed by atoms with Crippen molar-refractivity contribution in [1.29, 1.82) is 0 Å². The Hall–Kier alpha value is -1.51. The van der Waals surface area contributed by atoms with Crippen molar-refractivity contribution in [3.8, 4) is 0 Å². The predicted octanol–water partition coefficient (Wildman–Crippen LogP) is 12.0. The zero-order chi connectivity index (χ0) is 38.2. The molecule has 306 valence electrons. The summed E-state index contributed by atoms with van der Waals surface area (Å²) < 4.78 is 32.7. The number of rotatable bonds is 40. The fourth-order valence-electron chi connectivity index (χ4n) is 5.90. The molecule has 9 nitrogen and oxygen atoms in total. The summed E-state index contributed by atoms with van der Waals surface area (Å²) in [6.45, 7) is 3.71. The Morgan fingerprint density at radius 3 is 1.50 bits per heavy atom. The van der Waals surface area contributed by atoms with Crippen LogP contribution in [0.25, 0.3) is 0 Å². The number of carbonyl (C=O) groups is 2. The summed E-state index contributed by atoms with van der Waals surface area (Å²) in [5.74, 6) is -0.828. The van der Waals surface area contributed by atoms with Gasteiger partial charge >= 0.3 is 19.8 Å². The van der Waals surface area contributed by atoms with Crippen molar-refractivity contribution in [3.05, 3.63) is 24.3 Å². The smallest absolute Gasteiger partial charge is 0.462 e. The maximum absolute atomic E-state index is 12.5. The van der Waals surface area contributed by atoms with Crippen LogP contribution in [-0.4, -0.2) is 49.3 Å². The van der Waals surface area contributed by atoms with Gasteiger partial charge in [0.15, 0.2) is 6.10 Å². The van der Waals surface area contributed by atoms with Gasteiger partial charge in [0.05, 0.1) is 13.2 Å². The molecule has 0 aromatic heterocycles. The average Bonchev–Trinajstić information content (AvgIpc) is 3.13. The van der Waals surface area contributed by atoms with E-state index in [2.05, 4.69) is 38.2 Å². The molecule has 0 saturated heterocycles. The van der Waals surface area contributed by atoms with E-state index < -0.39 is 26.5 Å². The van der Waals surface area contributed by atoms with Gasteiger partial charge in [-0.15, -0.1) is 0 Å². The number of unbranched alkanes of at least 4 members (excludes halogenated alkanes) is 23. The summed E-state index contributed by atoms with van der Waals surface area (Å²) >= 11 is 0. The number of allylic oxidation sites excluding steroid dienone is 4. The normalized spacial score (nSPS) is 13.5. The highest BCUT2D eigenvalue weighted by atomic mass is 31.2. The first-order valence-corrected chi connectivity index (χ1v) is 22.8. The van der Waals surface area contributed by atoms with Crippen molar-refractivity contribution in [2.75, 3.05) is 26.4 Å². The number of hydrogen-bond acceptors (Lipinski definition) is 8. The van der Waals surface area contributed by atoms with Crippen molar-refractivity contribution in [2.45, 2.75) is 206 Å². The number of phosphoric acid groups is 1. The summed E-state index contributed by atoms with van der Waals surface area (Å²) in [7, 11) is -4.37. The third kappa shape index (κ3) is 38.2. The fraction of sp³-hybridized carbons (Fsp3) is 0.857. The molecule has 0 aliphatic heterocycles. The SMILES string of the molecule is CCCCC/C=C/C/C=C/CCCCCCCCCCCC(=O)OC[C@@H](COP(=O)(O)OCCN)OC(=O)CCCCCCCCCCCCCC. The number of carbonyl (C=O) groups excluding carboxylic acids is 2. The van der Waals surface area contributed by atoms with E-state index in [4.69, 9.17) is 24.3 Å². The van der Waals surface area contributed by atoms with E-state index in [0.29, 0.717) is 6.42 Å². The molecular weight excluding hydrogens is 677 g/mol. The molecule has 0 radical (unpaired) electrons. The Labute approximate surface area is 319 Å². The zero-order valence-electron chi connectivity index (χ0n) is 33.6. The molecule has 0 heterocycles. The van der Waals surface area contributed by atoms with Crippen LogP contribution in [0.4, 0.5) is 0 Å². The predicted molar refractivity (Wildman–Crippen MR) is 215 cm³/mol. The molecule has 1 unspecified atom stereocenters. The van der Waals surface area contributed by atoms with E-state index in [0.717, 1.165) is 38.5 Å². The zero-order valence-corrected chi connectivity index (χ0v) is 34.4. The lowest BCUT2D eigenvalue weighted by molar-refractivity contribution is -0.161. The Balaban J connectivity index is 4.11. The fourth-order valence-corrected chi connectivity index (χ4v) is 6.67. The van der Waals surface area contributed by atoms with Gasteiger partial charge in [0.1, 0.15) is 6.61 Å². The summed E-state index contributed by atoms with van der Waals surface area (Å²) in [5.41, 5.74) is 5.34. The number of ether oxygens (including phenoxy) is 2. The molecule has 52 heavy (non-hydrogen) atoms. The number of phosphoric ester groups is 1. The monoisotopic (exact) mass is 758 g/mol. The quantitative estimate of drug-likeness (QED) is 0.0271. The maximum atomic E-state index is 12.5. The van der Waals surface area contributed by atoms with Gasteiger partial charge in [-0.1, -0.05) is 167 Å². The molecule has 0 aromatic rings. The van der Waals surface area contributed by atoms with Gasteiger partial charge < -0.3 is 20.1 Å². The second-order valence-corrected chi connectivity index (χ2v) is 15.7. The first kappa shape index (κ1) is 50.5. The Morgan fingerprint density at radius 2 is 1.00 bits per heavy atom. The first-order valence-electron chi connectivity index (χ1n) is 21.3. The van der Waals surface area contributed by atoms with Crippen LogP contribution in [0.2, 0.25) is 0 Å². The van der Waals surface area contributed by atoms with Gasteiger partial charge in [-0.2, -0.15) is 0 Å². The van der Waals surface area contributed by atoms with Crippen LogP contribution in [0, 0.1) is 0 Å². The summed E-state index contributed by atoms with van der Waals surface area (Å²) in [5, 5.41) is 0. The Kier molecular flexibility index (Phi) is 38.1. The second-order valence-electron chi connectivity index (χ2n) is 14.2. The number of hydrogen-bond donors (Lipinski definition) is 2. The minimum atomic E-state index is -4.37. The molecule has 0 saturated carbocycles. The molecule has 0 spiro atoms. The molecule has 0 aromatic carbocycles. The summed E-state index contributed by atoms with van der Waals surface area (Å²) in [4.78, 5) is 34.8. The van der Waals surface area contributed by atoms with E-state index in [-0.39, 0.29) is 38.6 Å². The minimum absolute atomic E-state index is 0.0545.